The van der Waals surface area contributed by atoms with Gasteiger partial charge in [-0.25, -0.2) is 31.2 Å². The standard InChI is InChI=1S/C34H22Cl2F6N2O6/c35-33-12-18-16(6-7-17-21(18)30(48)43(29(17)47)10-9-13-1-4-15(45)5-2-13)22(14-3-8-20(46)19(37)11-14)34(33,36)32(50)44(31(33)49)28-26(41)24(39)23(38)25(40)27(28)42/h1-6,8,11,17-18,21-22,45-46H,7,9-10,12H2/t17-,18+,21-,22-,33+,34-/m0/s1. The van der Waals surface area contributed by atoms with Crippen molar-refractivity contribution in [2.75, 3.05) is 11.4 Å². The Labute approximate surface area is 288 Å². The molecule has 50 heavy (non-hydrogen) atoms. The summed E-state index contributed by atoms with van der Waals surface area (Å²) in [7, 11) is 0. The molecule has 2 aliphatic carbocycles. The summed E-state index contributed by atoms with van der Waals surface area (Å²) >= 11 is 14.0. The molecule has 0 unspecified atom stereocenters. The third kappa shape index (κ3) is 4.46. The molecule has 4 amide bonds. The molecule has 3 aromatic rings. The fourth-order valence-electron chi connectivity index (χ4n) is 7.83. The van der Waals surface area contributed by atoms with Gasteiger partial charge in [-0.05, 0) is 60.6 Å². The number of hydrogen-bond donors (Lipinski definition) is 2. The third-order valence-corrected chi connectivity index (χ3v) is 11.6. The Balaban J connectivity index is 1.36. The summed E-state index contributed by atoms with van der Waals surface area (Å²) in [6, 6.07) is 8.86. The van der Waals surface area contributed by atoms with Crippen molar-refractivity contribution < 1.29 is 55.7 Å². The zero-order valence-electron chi connectivity index (χ0n) is 25.2. The molecule has 8 nitrogen and oxygen atoms in total. The number of rotatable bonds is 5. The number of amides is 4. The molecule has 2 N–H and O–H groups in total. The van der Waals surface area contributed by atoms with Crippen LogP contribution in [0.3, 0.4) is 0 Å². The average Bonchev–Trinajstić information content (AvgIpc) is 3.41. The highest BCUT2D eigenvalue weighted by molar-refractivity contribution is 6.58. The molecule has 260 valence electrons. The average molecular weight is 739 g/mol. The van der Waals surface area contributed by atoms with Crippen LogP contribution in [0.2, 0.25) is 0 Å². The zero-order chi connectivity index (χ0) is 36.2. The number of likely N-dealkylation sites (tertiary alicyclic amines) is 1. The largest absolute Gasteiger partial charge is 0.508 e. The van der Waals surface area contributed by atoms with Gasteiger partial charge in [0.1, 0.15) is 11.4 Å². The minimum absolute atomic E-state index is 0.0103. The quantitative estimate of drug-likeness (QED) is 0.0863. The Hall–Kier alpha value is -4.56. The summed E-state index contributed by atoms with van der Waals surface area (Å²) in [6.45, 7) is -0.0685. The maximum Gasteiger partial charge on any atom is 0.258 e. The van der Waals surface area contributed by atoms with E-state index in [4.69, 9.17) is 23.2 Å². The van der Waals surface area contributed by atoms with Crippen molar-refractivity contribution in [3.05, 3.63) is 100 Å². The molecule has 0 bridgehead atoms. The van der Waals surface area contributed by atoms with Crippen LogP contribution in [0.5, 0.6) is 11.5 Å². The maximum atomic E-state index is 15.1. The Kier molecular flexibility index (Phi) is 7.79. The monoisotopic (exact) mass is 738 g/mol. The van der Waals surface area contributed by atoms with Crippen LogP contribution in [0.25, 0.3) is 0 Å². The number of phenols is 2. The first kappa shape index (κ1) is 33.9. The first-order chi connectivity index (χ1) is 23.5. The van der Waals surface area contributed by atoms with Crippen LogP contribution in [0.1, 0.15) is 29.9 Å². The minimum atomic E-state index is -2.81. The lowest BCUT2D eigenvalue weighted by Gasteiger charge is -2.50. The topological polar surface area (TPSA) is 115 Å². The lowest BCUT2D eigenvalue weighted by atomic mass is 9.56. The van der Waals surface area contributed by atoms with Crippen molar-refractivity contribution >= 4 is 52.5 Å². The van der Waals surface area contributed by atoms with Crippen molar-refractivity contribution in [2.45, 2.75) is 34.9 Å². The fraction of sp³-hybridized carbons (Fsp3) is 0.294. The SMILES string of the molecule is O=C1[C@H]2[C@H](CC=C3[C@H]2C[C@@]2(Cl)C(=O)N(c4c(F)c(F)c(F)c(F)c4F)C(=O)[C@@]2(Cl)[C@H]3c2ccc(O)c(F)c2)C(=O)N1CCc1ccc(O)cc1. The van der Waals surface area contributed by atoms with Gasteiger partial charge < -0.3 is 10.2 Å². The molecule has 4 aliphatic rings. The number of carbonyl (C=O) groups is 4. The molecule has 7 rings (SSSR count). The first-order valence-corrected chi connectivity index (χ1v) is 15.9. The number of halogens is 8. The summed E-state index contributed by atoms with van der Waals surface area (Å²) in [5.74, 6) is -24.1. The lowest BCUT2D eigenvalue weighted by molar-refractivity contribution is -0.140. The van der Waals surface area contributed by atoms with Crippen molar-refractivity contribution in [3.63, 3.8) is 0 Å². The molecule has 2 saturated heterocycles. The number of carbonyl (C=O) groups excluding carboxylic acids is 4. The van der Waals surface area contributed by atoms with Crippen LogP contribution in [0, 0.1) is 52.7 Å². The van der Waals surface area contributed by atoms with E-state index in [1.54, 1.807) is 12.1 Å². The summed E-state index contributed by atoms with van der Waals surface area (Å²) in [5, 5.41) is 19.5. The summed E-state index contributed by atoms with van der Waals surface area (Å²) < 4.78 is 87.8. The van der Waals surface area contributed by atoms with Gasteiger partial charge in [0.05, 0.1) is 11.8 Å². The number of imide groups is 2. The molecule has 6 atom stereocenters. The van der Waals surface area contributed by atoms with Crippen molar-refractivity contribution in [3.8, 4) is 11.5 Å². The maximum absolute atomic E-state index is 15.1. The number of aromatic hydroxyl groups is 2. The van der Waals surface area contributed by atoms with E-state index in [0.29, 0.717) is 5.56 Å². The molecule has 3 aromatic carbocycles. The second-order valence-electron chi connectivity index (χ2n) is 12.6. The molecule has 16 heteroatoms. The van der Waals surface area contributed by atoms with E-state index in [2.05, 4.69) is 0 Å². The second-order valence-corrected chi connectivity index (χ2v) is 13.9. The normalized spacial score (nSPS) is 28.9. The molecule has 2 heterocycles. The van der Waals surface area contributed by atoms with E-state index in [1.165, 1.54) is 18.2 Å². The Bertz CT molecular complexity index is 2050. The molecule has 2 aliphatic heterocycles. The van der Waals surface area contributed by atoms with E-state index >= 15 is 8.78 Å². The Morgan fingerprint density at radius 2 is 1.40 bits per heavy atom. The van der Waals surface area contributed by atoms with Crippen LogP contribution in [-0.4, -0.2) is 55.0 Å². The molecule has 0 radical (unpaired) electrons. The van der Waals surface area contributed by atoms with Crippen LogP contribution in [0.4, 0.5) is 32.0 Å². The fourth-order valence-corrected chi connectivity index (χ4v) is 8.77. The number of hydrogen-bond acceptors (Lipinski definition) is 6. The van der Waals surface area contributed by atoms with Gasteiger partial charge in [-0.3, -0.25) is 24.1 Å². The van der Waals surface area contributed by atoms with Crippen molar-refractivity contribution in [1.29, 1.82) is 0 Å². The summed E-state index contributed by atoms with van der Waals surface area (Å²) in [5.41, 5.74) is -1.27. The number of anilines is 1. The van der Waals surface area contributed by atoms with E-state index in [9.17, 15) is 47.0 Å². The van der Waals surface area contributed by atoms with Crippen molar-refractivity contribution in [1.82, 2.24) is 4.90 Å². The van der Waals surface area contributed by atoms with E-state index in [0.717, 1.165) is 23.1 Å². The van der Waals surface area contributed by atoms with Gasteiger partial charge in [0.25, 0.3) is 11.8 Å². The van der Waals surface area contributed by atoms with Crippen LogP contribution in [-0.2, 0) is 25.6 Å². The first-order valence-electron chi connectivity index (χ1n) is 15.1. The van der Waals surface area contributed by atoms with Crippen LogP contribution in [0.15, 0.2) is 54.1 Å². The van der Waals surface area contributed by atoms with Gasteiger partial charge in [0.15, 0.2) is 44.6 Å². The van der Waals surface area contributed by atoms with Crippen LogP contribution < -0.4 is 4.90 Å². The summed E-state index contributed by atoms with van der Waals surface area (Å²) in [4.78, 5) is 51.2. The number of nitrogens with zero attached hydrogens (tertiary/aromatic N) is 2. The molecular formula is C34H22Cl2F6N2O6. The molecule has 1 saturated carbocycles. The van der Waals surface area contributed by atoms with Gasteiger partial charge in [0, 0.05) is 12.5 Å². The Morgan fingerprint density at radius 1 is 0.780 bits per heavy atom. The number of phenolic OH excluding ortho intramolecular Hbond substituents is 2. The minimum Gasteiger partial charge on any atom is -0.508 e. The number of benzene rings is 3. The van der Waals surface area contributed by atoms with Gasteiger partial charge in [-0.2, -0.15) is 0 Å². The number of fused-ring (bicyclic) bond motifs is 4. The lowest BCUT2D eigenvalue weighted by Crippen LogP contribution is -2.60. The van der Waals surface area contributed by atoms with Gasteiger partial charge in [-0.15, -0.1) is 23.2 Å². The number of allylic oxidation sites excluding steroid dienone is 2. The highest BCUT2D eigenvalue weighted by Gasteiger charge is 2.77. The predicted molar refractivity (Wildman–Crippen MR) is 163 cm³/mol. The highest BCUT2D eigenvalue weighted by Crippen LogP contribution is 2.66. The number of alkyl halides is 2. The zero-order valence-corrected chi connectivity index (χ0v) is 26.7. The van der Waals surface area contributed by atoms with E-state index < -0.39 is 110 Å². The third-order valence-electron chi connectivity index (χ3n) is 10.2. The smallest absolute Gasteiger partial charge is 0.258 e. The second kappa shape index (κ2) is 11.5. The molecule has 3 fully saturated rings. The van der Waals surface area contributed by atoms with Crippen LogP contribution >= 0.6 is 23.2 Å². The molecule has 0 spiro atoms. The van der Waals surface area contributed by atoms with Gasteiger partial charge >= 0.3 is 0 Å². The van der Waals surface area contributed by atoms with E-state index in [1.807, 2.05) is 0 Å². The predicted octanol–water partition coefficient (Wildman–Crippen LogP) is 5.74. The van der Waals surface area contributed by atoms with Gasteiger partial charge in [0.2, 0.25) is 17.6 Å². The van der Waals surface area contributed by atoms with E-state index in [-0.39, 0.29) is 41.2 Å². The molecular weight excluding hydrogens is 717 g/mol. The summed E-state index contributed by atoms with van der Waals surface area (Å²) in [6.07, 6.45) is 0.907. The van der Waals surface area contributed by atoms with Crippen molar-refractivity contribution in [2.24, 2.45) is 17.8 Å². The highest BCUT2D eigenvalue weighted by atomic mass is 35.5. The van der Waals surface area contributed by atoms with Gasteiger partial charge in [-0.1, -0.05) is 29.8 Å². The molecule has 0 aromatic heterocycles. The Morgan fingerprint density at radius 3 is 2.02 bits per heavy atom.